The number of carboxylic acids is 1. The third-order valence-electron chi connectivity index (χ3n) is 4.14. The number of aliphatic carboxylic acids is 1. The molecule has 0 spiro atoms. The molecule has 1 unspecified atom stereocenters. The van der Waals surface area contributed by atoms with Gasteiger partial charge >= 0.3 is 11.9 Å². The predicted molar refractivity (Wildman–Crippen MR) is 109 cm³/mol. The van der Waals surface area contributed by atoms with Gasteiger partial charge in [0.15, 0.2) is 5.13 Å². The maximum absolute atomic E-state index is 12.7. The Morgan fingerprint density at radius 1 is 1.42 bits per heavy atom. The predicted octanol–water partition coefficient (Wildman–Crippen LogP) is -0.837. The van der Waals surface area contributed by atoms with E-state index in [4.69, 9.17) is 15.3 Å². The average molecular weight is 470 g/mol. The van der Waals surface area contributed by atoms with Gasteiger partial charge in [-0.15, -0.1) is 11.8 Å². The second kappa shape index (κ2) is 9.30. The number of carbonyl (C=O) groups is 4. The molecule has 0 radical (unpaired) electrons. The Labute approximate surface area is 183 Å². The number of carbonyl (C=O) groups excluding carboxylic acids is 3. The molecule has 1 fully saturated rings. The van der Waals surface area contributed by atoms with Crippen LogP contribution in [0.3, 0.4) is 0 Å². The number of nitrogens with zero attached hydrogens (tertiary/aromatic N) is 4. The summed E-state index contributed by atoms with van der Waals surface area (Å²) < 4.78 is 8.81. The van der Waals surface area contributed by atoms with Crippen molar-refractivity contribution in [3.05, 3.63) is 17.1 Å². The van der Waals surface area contributed by atoms with Gasteiger partial charge in [-0.3, -0.25) is 19.3 Å². The summed E-state index contributed by atoms with van der Waals surface area (Å²) in [6.45, 7) is 2.82. The number of β-lactam (4-membered cyclic amide) rings is 1. The summed E-state index contributed by atoms with van der Waals surface area (Å²) in [7, 11) is 0. The van der Waals surface area contributed by atoms with E-state index in [1.54, 1.807) is 6.92 Å². The minimum Gasteiger partial charge on any atom is -0.477 e. The number of ether oxygens (including phenoxy) is 1. The van der Waals surface area contributed by atoms with Crippen LogP contribution in [0.4, 0.5) is 5.13 Å². The number of aromatic nitrogens is 2. The molecule has 0 aliphatic carbocycles. The molecule has 0 bridgehead atoms. The van der Waals surface area contributed by atoms with Crippen molar-refractivity contribution >= 4 is 57.9 Å². The quantitative estimate of drug-likeness (QED) is 0.186. The highest BCUT2D eigenvalue weighted by Gasteiger charge is 2.54. The molecule has 13 nitrogen and oxygen atoms in total. The Hall–Kier alpha value is -3.20. The first-order valence-electron chi connectivity index (χ1n) is 8.88. The average Bonchev–Trinajstić information content (AvgIpc) is 3.15. The molecule has 1 aromatic heterocycles. The first kappa shape index (κ1) is 22.5. The summed E-state index contributed by atoms with van der Waals surface area (Å²) in [4.78, 5) is 58.1. The molecule has 2 amide bonds. The van der Waals surface area contributed by atoms with Gasteiger partial charge in [0.1, 0.15) is 30.3 Å². The van der Waals surface area contributed by atoms with E-state index in [-0.39, 0.29) is 41.3 Å². The second-order valence-electron chi connectivity index (χ2n) is 6.21. The Balaban J connectivity index is 1.78. The second-order valence-corrected chi connectivity index (χ2v) is 8.10. The summed E-state index contributed by atoms with van der Waals surface area (Å²) in [6, 6.07) is -0.995. The van der Waals surface area contributed by atoms with Crippen LogP contribution in [0.25, 0.3) is 0 Å². The standard InChI is InChI=1S/C16H18N6O7S2/c1-3-29-20-8(11-19-16(17)31-21-11)12(24)18-9-13(25)22-10(15(26)27)7(4-28-6(2)23)5-30-14(9)22/h9,14H,3-5H2,1-2H3,(H,18,24)(H,26,27)(H2,17,19,21)/b20-8+/t9?,14-/m1/s1. The molecule has 4 N–H and O–H groups in total. The van der Waals surface area contributed by atoms with Crippen LogP contribution in [-0.2, 0) is 28.8 Å². The van der Waals surface area contributed by atoms with Crippen molar-refractivity contribution in [2.24, 2.45) is 5.16 Å². The molecule has 3 rings (SSSR count). The highest BCUT2D eigenvalue weighted by molar-refractivity contribution is 8.00. The SMILES string of the molecule is CCO/N=C(/C(=O)NC1C(=O)N2C(C(=O)O)=C(COC(C)=O)CS[C@H]12)c1nsc(N)n1. The lowest BCUT2D eigenvalue weighted by Gasteiger charge is -2.49. The maximum Gasteiger partial charge on any atom is 0.352 e. The third-order valence-corrected chi connectivity index (χ3v) is 6.02. The van der Waals surface area contributed by atoms with Gasteiger partial charge in [-0.2, -0.15) is 9.36 Å². The molecule has 0 aromatic carbocycles. The first-order valence-corrected chi connectivity index (χ1v) is 10.7. The van der Waals surface area contributed by atoms with Gasteiger partial charge in [0.2, 0.25) is 11.5 Å². The number of hydrogen-bond donors (Lipinski definition) is 3. The zero-order valence-corrected chi connectivity index (χ0v) is 18.0. The number of nitrogen functional groups attached to an aromatic ring is 1. The van der Waals surface area contributed by atoms with E-state index in [2.05, 4.69) is 19.8 Å². The van der Waals surface area contributed by atoms with Crippen LogP contribution in [0, 0.1) is 0 Å². The van der Waals surface area contributed by atoms with Gasteiger partial charge < -0.3 is 25.7 Å². The molecule has 0 saturated carbocycles. The van der Waals surface area contributed by atoms with E-state index in [0.29, 0.717) is 5.57 Å². The molecule has 166 valence electrons. The Morgan fingerprint density at radius 3 is 2.74 bits per heavy atom. The van der Waals surface area contributed by atoms with Crippen molar-refractivity contribution in [3.63, 3.8) is 0 Å². The van der Waals surface area contributed by atoms with Crippen LogP contribution in [0.5, 0.6) is 0 Å². The normalized spacial score (nSPS) is 20.6. The highest BCUT2D eigenvalue weighted by atomic mass is 32.2. The number of amides is 2. The maximum atomic E-state index is 12.7. The van der Waals surface area contributed by atoms with Crippen molar-refractivity contribution in [2.75, 3.05) is 24.7 Å². The van der Waals surface area contributed by atoms with Crippen molar-refractivity contribution in [1.82, 2.24) is 19.6 Å². The monoisotopic (exact) mass is 470 g/mol. The summed E-state index contributed by atoms with van der Waals surface area (Å²) >= 11 is 2.10. The molecule has 3 heterocycles. The van der Waals surface area contributed by atoms with Crippen molar-refractivity contribution in [1.29, 1.82) is 0 Å². The molecule has 1 saturated heterocycles. The number of thioether (sulfide) groups is 1. The number of carboxylic acid groups (broad SMARTS) is 1. The summed E-state index contributed by atoms with van der Waals surface area (Å²) in [5.41, 5.74) is 5.34. The number of oxime groups is 1. The zero-order valence-electron chi connectivity index (χ0n) is 16.4. The Bertz CT molecular complexity index is 991. The van der Waals surface area contributed by atoms with Crippen molar-refractivity contribution < 1.29 is 33.9 Å². The summed E-state index contributed by atoms with van der Waals surface area (Å²) in [6.07, 6.45) is 0. The fourth-order valence-corrected chi connectivity index (χ4v) is 4.60. The van der Waals surface area contributed by atoms with E-state index in [1.165, 1.54) is 18.7 Å². The van der Waals surface area contributed by atoms with Crippen molar-refractivity contribution in [3.8, 4) is 0 Å². The molecule has 2 aliphatic rings. The third kappa shape index (κ3) is 4.61. The molecule has 2 aliphatic heterocycles. The minimum atomic E-state index is -1.33. The van der Waals surface area contributed by atoms with E-state index in [9.17, 15) is 24.3 Å². The van der Waals surface area contributed by atoms with E-state index in [0.717, 1.165) is 16.4 Å². The molecule has 31 heavy (non-hydrogen) atoms. The fourth-order valence-electron chi connectivity index (χ4n) is 2.84. The fraction of sp³-hybridized carbons (Fsp3) is 0.438. The van der Waals surface area contributed by atoms with Gasteiger partial charge in [-0.1, -0.05) is 5.16 Å². The van der Waals surface area contributed by atoms with Crippen LogP contribution in [0.2, 0.25) is 0 Å². The zero-order chi connectivity index (χ0) is 22.7. The highest BCUT2D eigenvalue weighted by Crippen LogP contribution is 2.40. The lowest BCUT2D eigenvalue weighted by molar-refractivity contribution is -0.150. The number of hydrogen-bond acceptors (Lipinski definition) is 12. The number of nitrogens with two attached hydrogens (primary N) is 1. The smallest absolute Gasteiger partial charge is 0.352 e. The van der Waals surface area contributed by atoms with Gasteiger partial charge in [0, 0.05) is 29.8 Å². The number of anilines is 1. The topological polar surface area (TPSA) is 186 Å². The molecule has 2 atom stereocenters. The lowest BCUT2D eigenvalue weighted by Crippen LogP contribution is -2.71. The van der Waals surface area contributed by atoms with E-state index >= 15 is 0 Å². The molecular formula is C16H18N6O7S2. The van der Waals surface area contributed by atoms with Gasteiger partial charge in [0.25, 0.3) is 11.8 Å². The Kier molecular flexibility index (Phi) is 6.74. The van der Waals surface area contributed by atoms with Crippen molar-refractivity contribution in [2.45, 2.75) is 25.3 Å². The minimum absolute atomic E-state index is 0.0526. The molecular weight excluding hydrogens is 452 g/mol. The summed E-state index contributed by atoms with van der Waals surface area (Å²) in [5.74, 6) is -3.13. The van der Waals surface area contributed by atoms with Crippen LogP contribution in [0.1, 0.15) is 19.7 Å². The summed E-state index contributed by atoms with van der Waals surface area (Å²) in [5, 5.41) is 15.3. The van der Waals surface area contributed by atoms with E-state index in [1.807, 2.05) is 0 Å². The van der Waals surface area contributed by atoms with Crippen LogP contribution in [0.15, 0.2) is 16.4 Å². The van der Waals surface area contributed by atoms with Gasteiger partial charge in [-0.25, -0.2) is 4.79 Å². The number of fused-ring (bicyclic) bond motifs is 1. The van der Waals surface area contributed by atoms with Crippen LogP contribution >= 0.6 is 23.3 Å². The number of nitrogens with one attached hydrogen (secondary N) is 1. The molecule has 1 aromatic rings. The largest absolute Gasteiger partial charge is 0.477 e. The van der Waals surface area contributed by atoms with Crippen LogP contribution in [-0.4, -0.2) is 79.2 Å². The van der Waals surface area contributed by atoms with Gasteiger partial charge in [-0.05, 0) is 6.92 Å². The Morgan fingerprint density at radius 2 is 2.16 bits per heavy atom. The lowest BCUT2D eigenvalue weighted by atomic mass is 10.0. The molecule has 15 heteroatoms. The first-order chi connectivity index (χ1) is 14.7. The number of rotatable bonds is 8. The van der Waals surface area contributed by atoms with Gasteiger partial charge in [0.05, 0.1) is 0 Å². The van der Waals surface area contributed by atoms with Crippen LogP contribution < -0.4 is 11.1 Å². The van der Waals surface area contributed by atoms with E-state index < -0.39 is 35.2 Å². The number of esters is 1.